The number of hydrogen-bond acceptors (Lipinski definition) is 3. The Kier molecular flexibility index (Phi) is 5.15. The van der Waals surface area contributed by atoms with Crippen molar-refractivity contribution in [3.63, 3.8) is 0 Å². The van der Waals surface area contributed by atoms with Crippen molar-refractivity contribution in [1.82, 2.24) is 0 Å². The fourth-order valence-corrected chi connectivity index (χ4v) is 2.34. The van der Waals surface area contributed by atoms with Gasteiger partial charge in [-0.1, -0.05) is 23.8 Å². The molecule has 0 saturated heterocycles. The fraction of sp³-hybridized carbons (Fsp3) is 0.500. The van der Waals surface area contributed by atoms with Crippen LogP contribution in [0.4, 0.5) is 0 Å². The molecule has 1 aromatic rings. The van der Waals surface area contributed by atoms with Gasteiger partial charge in [-0.3, -0.25) is 0 Å². The molecule has 3 N–H and O–H groups in total. The molecule has 0 aliphatic heterocycles. The first-order chi connectivity index (χ1) is 7.15. The first kappa shape index (κ1) is 12.6. The molecule has 0 radical (unpaired) electrons. The summed E-state index contributed by atoms with van der Waals surface area (Å²) in [5.41, 5.74) is 9.82. The van der Waals surface area contributed by atoms with Crippen LogP contribution < -0.4 is 5.73 Å². The number of aliphatic hydroxyl groups excluding tert-OH is 1. The molecular weight excluding hydrogens is 206 g/mol. The van der Waals surface area contributed by atoms with Gasteiger partial charge in [-0.15, -0.1) is 0 Å². The van der Waals surface area contributed by atoms with Gasteiger partial charge in [-0.25, -0.2) is 0 Å². The van der Waals surface area contributed by atoms with Gasteiger partial charge in [-0.05, 0) is 25.0 Å². The Balaban J connectivity index is 2.61. The highest BCUT2D eigenvalue weighted by molar-refractivity contribution is 7.99. The number of thioether (sulfide) groups is 1. The van der Waals surface area contributed by atoms with Crippen LogP contribution in [0, 0.1) is 13.8 Å². The van der Waals surface area contributed by atoms with E-state index < -0.39 is 0 Å². The zero-order valence-corrected chi connectivity index (χ0v) is 10.2. The molecule has 2 nitrogen and oxygen atoms in total. The minimum Gasteiger partial charge on any atom is -0.396 e. The van der Waals surface area contributed by atoms with Crippen molar-refractivity contribution in [3.05, 3.63) is 34.9 Å². The van der Waals surface area contributed by atoms with Crippen LogP contribution >= 0.6 is 11.8 Å². The number of aryl methyl sites for hydroxylation is 2. The van der Waals surface area contributed by atoms with Gasteiger partial charge in [0.2, 0.25) is 0 Å². The summed E-state index contributed by atoms with van der Waals surface area (Å²) in [7, 11) is 0. The highest BCUT2D eigenvalue weighted by Crippen LogP contribution is 2.20. The first-order valence-electron chi connectivity index (χ1n) is 5.16. The van der Waals surface area contributed by atoms with Crippen molar-refractivity contribution in [2.75, 3.05) is 18.1 Å². The standard InChI is InChI=1S/C12H19NOS/c1-9-3-4-11(10(2)7-9)12(13)8-15-6-5-14/h3-4,7,12,14H,5-6,8,13H2,1-2H3. The zero-order chi connectivity index (χ0) is 11.3. The molecule has 0 amide bonds. The second-order valence-corrected chi connectivity index (χ2v) is 4.91. The van der Waals surface area contributed by atoms with E-state index in [2.05, 4.69) is 32.0 Å². The SMILES string of the molecule is Cc1ccc(C(N)CSCCO)c(C)c1. The van der Waals surface area contributed by atoms with Crippen molar-refractivity contribution in [2.45, 2.75) is 19.9 Å². The fourth-order valence-electron chi connectivity index (χ4n) is 1.61. The van der Waals surface area contributed by atoms with Gasteiger partial charge < -0.3 is 10.8 Å². The minimum absolute atomic E-state index is 0.0714. The third-order valence-electron chi connectivity index (χ3n) is 2.36. The third-order valence-corrected chi connectivity index (χ3v) is 3.42. The van der Waals surface area contributed by atoms with Crippen LogP contribution in [0.5, 0.6) is 0 Å². The Morgan fingerprint density at radius 2 is 2.13 bits per heavy atom. The third kappa shape index (κ3) is 3.86. The van der Waals surface area contributed by atoms with Crippen molar-refractivity contribution >= 4 is 11.8 Å². The largest absolute Gasteiger partial charge is 0.396 e. The van der Waals surface area contributed by atoms with Crippen LogP contribution in [0.3, 0.4) is 0 Å². The number of rotatable bonds is 5. The molecule has 84 valence electrons. The average molecular weight is 225 g/mol. The maximum absolute atomic E-state index is 8.68. The molecule has 0 aliphatic carbocycles. The molecular formula is C12H19NOS. The smallest absolute Gasteiger partial charge is 0.0521 e. The van der Waals surface area contributed by atoms with Gasteiger partial charge in [0.1, 0.15) is 0 Å². The van der Waals surface area contributed by atoms with Crippen LogP contribution in [0.2, 0.25) is 0 Å². The van der Waals surface area contributed by atoms with Crippen molar-refractivity contribution in [2.24, 2.45) is 5.73 Å². The highest BCUT2D eigenvalue weighted by atomic mass is 32.2. The van der Waals surface area contributed by atoms with E-state index in [9.17, 15) is 0 Å². The van der Waals surface area contributed by atoms with Crippen LogP contribution in [0.15, 0.2) is 18.2 Å². The molecule has 1 atom stereocenters. The monoisotopic (exact) mass is 225 g/mol. The summed E-state index contributed by atoms with van der Waals surface area (Å²) in [6.07, 6.45) is 0. The van der Waals surface area contributed by atoms with Crippen LogP contribution in [-0.4, -0.2) is 23.2 Å². The van der Waals surface area contributed by atoms with E-state index in [0.29, 0.717) is 0 Å². The number of aliphatic hydroxyl groups is 1. The highest BCUT2D eigenvalue weighted by Gasteiger charge is 2.08. The maximum atomic E-state index is 8.68. The van der Waals surface area contributed by atoms with E-state index in [0.717, 1.165) is 11.5 Å². The summed E-state index contributed by atoms with van der Waals surface area (Å²) >= 11 is 1.69. The van der Waals surface area contributed by atoms with Crippen LogP contribution in [-0.2, 0) is 0 Å². The summed E-state index contributed by atoms with van der Waals surface area (Å²) in [5.74, 6) is 1.63. The minimum atomic E-state index is 0.0714. The molecule has 0 bridgehead atoms. The van der Waals surface area contributed by atoms with Gasteiger partial charge in [0, 0.05) is 17.5 Å². The predicted octanol–water partition coefficient (Wildman–Crippen LogP) is 2.03. The maximum Gasteiger partial charge on any atom is 0.0521 e. The Morgan fingerprint density at radius 3 is 2.73 bits per heavy atom. The Morgan fingerprint density at radius 1 is 1.40 bits per heavy atom. The number of benzene rings is 1. The molecule has 0 aliphatic rings. The molecule has 0 heterocycles. The van der Waals surface area contributed by atoms with E-state index in [1.807, 2.05) is 0 Å². The lowest BCUT2D eigenvalue weighted by atomic mass is 10.0. The van der Waals surface area contributed by atoms with Crippen molar-refractivity contribution in [3.8, 4) is 0 Å². The predicted molar refractivity (Wildman–Crippen MR) is 67.3 cm³/mol. The molecule has 0 spiro atoms. The van der Waals surface area contributed by atoms with Gasteiger partial charge in [0.05, 0.1) is 6.61 Å². The summed E-state index contributed by atoms with van der Waals surface area (Å²) < 4.78 is 0. The van der Waals surface area contributed by atoms with Gasteiger partial charge in [-0.2, -0.15) is 11.8 Å². The molecule has 1 unspecified atom stereocenters. The summed E-state index contributed by atoms with van der Waals surface area (Å²) in [6, 6.07) is 6.43. The van der Waals surface area contributed by atoms with E-state index in [-0.39, 0.29) is 12.6 Å². The molecule has 0 fully saturated rings. The van der Waals surface area contributed by atoms with Crippen LogP contribution in [0.1, 0.15) is 22.7 Å². The summed E-state index contributed by atoms with van der Waals surface area (Å²) in [5, 5.41) is 8.68. The molecule has 0 aromatic heterocycles. The van der Waals surface area contributed by atoms with Gasteiger partial charge >= 0.3 is 0 Å². The summed E-state index contributed by atoms with van der Waals surface area (Å²) in [6.45, 7) is 4.41. The number of hydrogen-bond donors (Lipinski definition) is 2. The molecule has 15 heavy (non-hydrogen) atoms. The van der Waals surface area contributed by atoms with E-state index in [4.69, 9.17) is 10.8 Å². The Hall–Kier alpha value is -0.510. The normalized spacial score (nSPS) is 12.8. The second-order valence-electron chi connectivity index (χ2n) is 3.77. The zero-order valence-electron chi connectivity index (χ0n) is 9.36. The van der Waals surface area contributed by atoms with E-state index >= 15 is 0 Å². The van der Waals surface area contributed by atoms with Gasteiger partial charge in [0.25, 0.3) is 0 Å². The van der Waals surface area contributed by atoms with Crippen molar-refractivity contribution < 1.29 is 5.11 Å². The molecule has 1 rings (SSSR count). The topological polar surface area (TPSA) is 46.2 Å². The van der Waals surface area contributed by atoms with Crippen LogP contribution in [0.25, 0.3) is 0 Å². The summed E-state index contributed by atoms with van der Waals surface area (Å²) in [4.78, 5) is 0. The molecule has 0 saturated carbocycles. The lowest BCUT2D eigenvalue weighted by Crippen LogP contribution is -2.15. The molecule has 3 heteroatoms. The average Bonchev–Trinajstić information content (AvgIpc) is 2.17. The van der Waals surface area contributed by atoms with Gasteiger partial charge in [0.15, 0.2) is 0 Å². The second kappa shape index (κ2) is 6.16. The van der Waals surface area contributed by atoms with E-state index in [1.165, 1.54) is 16.7 Å². The van der Waals surface area contributed by atoms with Crippen molar-refractivity contribution in [1.29, 1.82) is 0 Å². The lowest BCUT2D eigenvalue weighted by molar-refractivity contribution is 0.322. The quantitative estimate of drug-likeness (QED) is 0.754. The first-order valence-corrected chi connectivity index (χ1v) is 6.32. The van der Waals surface area contributed by atoms with E-state index in [1.54, 1.807) is 11.8 Å². The lowest BCUT2D eigenvalue weighted by Gasteiger charge is -2.14. The molecule has 1 aromatic carbocycles. The number of nitrogens with two attached hydrogens (primary N) is 1. The Labute approximate surface area is 95.9 Å². The Bertz CT molecular complexity index is 314.